The molecule has 7 heteroatoms. The molecule has 23 heavy (non-hydrogen) atoms. The highest BCUT2D eigenvalue weighted by Gasteiger charge is 2.42. The summed E-state index contributed by atoms with van der Waals surface area (Å²) in [6.07, 6.45) is 3.09. The number of rotatable bonds is 3. The maximum Gasteiger partial charge on any atom is 0.283 e. The fraction of sp³-hybridized carbons (Fsp3) is 0.562. The molecule has 2 aliphatic rings. The fourth-order valence-corrected chi connectivity index (χ4v) is 5.52. The molecule has 0 aromatic heterocycles. The molecule has 0 saturated carbocycles. The van der Waals surface area contributed by atoms with Crippen molar-refractivity contribution in [1.82, 2.24) is 8.61 Å². The number of carbonyl (C=O) groups is 1. The van der Waals surface area contributed by atoms with Gasteiger partial charge in [-0.2, -0.15) is 17.0 Å². The lowest BCUT2D eigenvalue weighted by Crippen LogP contribution is -2.57. The van der Waals surface area contributed by atoms with Gasteiger partial charge in [-0.15, -0.1) is 0 Å². The second kappa shape index (κ2) is 6.22. The van der Waals surface area contributed by atoms with E-state index in [0.29, 0.717) is 13.0 Å². The molecule has 3 rings (SSSR count). The van der Waals surface area contributed by atoms with Crippen molar-refractivity contribution in [3.63, 3.8) is 0 Å². The molecule has 2 aliphatic heterocycles. The average molecular weight is 337 g/mol. The summed E-state index contributed by atoms with van der Waals surface area (Å²) in [5.74, 6) is -0.590. The summed E-state index contributed by atoms with van der Waals surface area (Å²) < 4.78 is 29.1. The van der Waals surface area contributed by atoms with Crippen molar-refractivity contribution in [3.05, 3.63) is 35.4 Å². The van der Waals surface area contributed by atoms with Crippen LogP contribution in [0.5, 0.6) is 0 Å². The molecule has 0 radical (unpaired) electrons. The van der Waals surface area contributed by atoms with Gasteiger partial charge in [0.15, 0.2) is 0 Å². The van der Waals surface area contributed by atoms with Crippen LogP contribution in [0.3, 0.4) is 0 Å². The SMILES string of the molecule is CC1CCCCN1S(=O)(=O)N1Cc2ccccc2C[C@H]1C(N)=O. The van der Waals surface area contributed by atoms with Crippen molar-refractivity contribution >= 4 is 16.1 Å². The van der Waals surface area contributed by atoms with Crippen molar-refractivity contribution in [2.24, 2.45) is 5.73 Å². The molecule has 1 amide bonds. The third-order valence-electron chi connectivity index (χ3n) is 4.87. The number of nitrogens with zero attached hydrogens (tertiary/aromatic N) is 2. The monoisotopic (exact) mass is 337 g/mol. The lowest BCUT2D eigenvalue weighted by molar-refractivity contribution is -0.122. The van der Waals surface area contributed by atoms with E-state index in [9.17, 15) is 13.2 Å². The number of carbonyl (C=O) groups excluding carboxylic acids is 1. The number of hydrogen-bond donors (Lipinski definition) is 1. The zero-order valence-electron chi connectivity index (χ0n) is 13.3. The molecule has 2 atom stereocenters. The largest absolute Gasteiger partial charge is 0.368 e. The summed E-state index contributed by atoms with van der Waals surface area (Å²) in [5, 5.41) is 0. The number of hydrogen-bond acceptors (Lipinski definition) is 3. The van der Waals surface area contributed by atoms with E-state index in [1.54, 1.807) is 0 Å². The summed E-state index contributed by atoms with van der Waals surface area (Å²) in [6, 6.07) is 6.77. The summed E-state index contributed by atoms with van der Waals surface area (Å²) in [7, 11) is -3.71. The van der Waals surface area contributed by atoms with Crippen molar-refractivity contribution in [2.45, 2.75) is 51.2 Å². The lowest BCUT2D eigenvalue weighted by Gasteiger charge is -2.40. The molecule has 1 aromatic carbocycles. The third-order valence-corrected chi connectivity index (χ3v) is 6.98. The highest BCUT2D eigenvalue weighted by Crippen LogP contribution is 2.30. The maximum atomic E-state index is 13.1. The first kappa shape index (κ1) is 16.4. The van der Waals surface area contributed by atoms with Crippen LogP contribution in [0, 0.1) is 0 Å². The molecule has 0 aliphatic carbocycles. The topological polar surface area (TPSA) is 83.7 Å². The quantitative estimate of drug-likeness (QED) is 0.894. The average Bonchev–Trinajstić information content (AvgIpc) is 2.53. The molecular formula is C16H23N3O3S. The molecule has 1 saturated heterocycles. The zero-order chi connectivity index (χ0) is 16.6. The van der Waals surface area contributed by atoms with Gasteiger partial charge in [0, 0.05) is 19.1 Å². The number of benzene rings is 1. The Hall–Kier alpha value is -1.44. The molecule has 0 bridgehead atoms. The van der Waals surface area contributed by atoms with Crippen molar-refractivity contribution in [2.75, 3.05) is 6.54 Å². The Morgan fingerprint density at radius 3 is 2.52 bits per heavy atom. The minimum Gasteiger partial charge on any atom is -0.368 e. The van der Waals surface area contributed by atoms with Crippen LogP contribution in [0.1, 0.15) is 37.3 Å². The summed E-state index contributed by atoms with van der Waals surface area (Å²) in [5.41, 5.74) is 7.45. The van der Waals surface area contributed by atoms with E-state index < -0.39 is 22.2 Å². The Kier molecular flexibility index (Phi) is 4.44. The van der Waals surface area contributed by atoms with Crippen LogP contribution in [0.2, 0.25) is 0 Å². The predicted octanol–water partition coefficient (Wildman–Crippen LogP) is 1.02. The van der Waals surface area contributed by atoms with Gasteiger partial charge >= 0.3 is 0 Å². The van der Waals surface area contributed by atoms with Crippen LogP contribution in [-0.2, 0) is 28.0 Å². The van der Waals surface area contributed by atoms with Crippen LogP contribution >= 0.6 is 0 Å². The maximum absolute atomic E-state index is 13.1. The molecule has 2 N–H and O–H groups in total. The van der Waals surface area contributed by atoms with Crippen LogP contribution < -0.4 is 5.73 Å². The van der Waals surface area contributed by atoms with E-state index in [0.717, 1.165) is 30.4 Å². The molecule has 6 nitrogen and oxygen atoms in total. The van der Waals surface area contributed by atoms with Crippen LogP contribution in [0.15, 0.2) is 24.3 Å². The number of amides is 1. The van der Waals surface area contributed by atoms with E-state index >= 15 is 0 Å². The predicted molar refractivity (Wildman–Crippen MR) is 87.6 cm³/mol. The first-order valence-electron chi connectivity index (χ1n) is 8.06. The second-order valence-electron chi connectivity index (χ2n) is 6.40. The molecular weight excluding hydrogens is 314 g/mol. The van der Waals surface area contributed by atoms with Gasteiger partial charge < -0.3 is 5.73 Å². The summed E-state index contributed by atoms with van der Waals surface area (Å²) in [4.78, 5) is 11.9. The highest BCUT2D eigenvalue weighted by molar-refractivity contribution is 7.86. The lowest BCUT2D eigenvalue weighted by atomic mass is 9.96. The summed E-state index contributed by atoms with van der Waals surface area (Å²) in [6.45, 7) is 2.64. The Bertz CT molecular complexity index is 704. The first-order valence-corrected chi connectivity index (χ1v) is 9.45. The zero-order valence-corrected chi connectivity index (χ0v) is 14.1. The van der Waals surface area contributed by atoms with E-state index in [1.165, 1.54) is 8.61 Å². The number of fused-ring (bicyclic) bond motifs is 1. The van der Waals surface area contributed by atoms with E-state index in [-0.39, 0.29) is 12.6 Å². The molecule has 0 spiro atoms. The van der Waals surface area contributed by atoms with Crippen LogP contribution in [-0.4, -0.2) is 41.6 Å². The number of primary amides is 1. The number of piperidine rings is 1. The molecule has 1 fully saturated rings. The molecule has 126 valence electrons. The molecule has 2 heterocycles. The first-order chi connectivity index (χ1) is 10.9. The van der Waals surface area contributed by atoms with E-state index in [4.69, 9.17) is 5.73 Å². The van der Waals surface area contributed by atoms with Gasteiger partial charge in [-0.25, -0.2) is 0 Å². The van der Waals surface area contributed by atoms with Crippen LogP contribution in [0.4, 0.5) is 0 Å². The van der Waals surface area contributed by atoms with Gasteiger partial charge in [0.25, 0.3) is 10.2 Å². The van der Waals surface area contributed by atoms with Gasteiger partial charge in [-0.3, -0.25) is 4.79 Å². The van der Waals surface area contributed by atoms with Gasteiger partial charge in [-0.1, -0.05) is 30.7 Å². The van der Waals surface area contributed by atoms with Crippen molar-refractivity contribution in [3.8, 4) is 0 Å². The standard InChI is InChI=1S/C16H23N3O3S/c1-12-6-4-5-9-18(12)23(21,22)19-11-14-8-3-2-7-13(14)10-15(19)16(17)20/h2-3,7-8,12,15H,4-6,9-11H2,1H3,(H2,17,20)/t12?,15-/m0/s1. The highest BCUT2D eigenvalue weighted by atomic mass is 32.2. The van der Waals surface area contributed by atoms with Gasteiger partial charge in [0.2, 0.25) is 5.91 Å². The molecule has 1 aromatic rings. The van der Waals surface area contributed by atoms with Crippen molar-refractivity contribution < 1.29 is 13.2 Å². The minimum absolute atomic E-state index is 0.0422. The normalized spacial score (nSPS) is 26.7. The second-order valence-corrected chi connectivity index (χ2v) is 8.23. The van der Waals surface area contributed by atoms with Gasteiger partial charge in [0.05, 0.1) is 0 Å². The Morgan fingerprint density at radius 2 is 1.87 bits per heavy atom. The third kappa shape index (κ3) is 3.00. The summed E-state index contributed by atoms with van der Waals surface area (Å²) >= 11 is 0. The number of nitrogens with two attached hydrogens (primary N) is 1. The molecule has 1 unspecified atom stereocenters. The van der Waals surface area contributed by atoms with E-state index in [2.05, 4.69) is 0 Å². The smallest absolute Gasteiger partial charge is 0.283 e. The Labute approximate surface area is 137 Å². The van der Waals surface area contributed by atoms with Gasteiger partial charge in [0.1, 0.15) is 6.04 Å². The Morgan fingerprint density at radius 1 is 1.17 bits per heavy atom. The van der Waals surface area contributed by atoms with Crippen LogP contribution in [0.25, 0.3) is 0 Å². The van der Waals surface area contributed by atoms with Gasteiger partial charge in [-0.05, 0) is 37.3 Å². The Balaban J connectivity index is 1.97. The minimum atomic E-state index is -3.71. The van der Waals surface area contributed by atoms with E-state index in [1.807, 2.05) is 31.2 Å². The fourth-order valence-electron chi connectivity index (χ4n) is 3.53. The van der Waals surface area contributed by atoms with Crippen molar-refractivity contribution in [1.29, 1.82) is 0 Å².